The lowest BCUT2D eigenvalue weighted by atomic mass is 9.95. The summed E-state index contributed by atoms with van der Waals surface area (Å²) in [4.78, 5) is 12.1. The van der Waals surface area contributed by atoms with E-state index in [1.165, 1.54) is 5.57 Å². The Hall–Kier alpha value is -0.833. The fourth-order valence-corrected chi connectivity index (χ4v) is 3.94. The smallest absolute Gasteiger partial charge is 0.334 e. The zero-order valence-corrected chi connectivity index (χ0v) is 14.3. The van der Waals surface area contributed by atoms with Crippen molar-refractivity contribution in [2.45, 2.75) is 65.3 Å². The summed E-state index contributed by atoms with van der Waals surface area (Å²) in [5, 5.41) is 0. The van der Waals surface area contributed by atoms with E-state index in [0.29, 0.717) is 5.57 Å². The molecule has 0 aromatic heterocycles. The van der Waals surface area contributed by atoms with Gasteiger partial charge in [-0.05, 0) is 40.0 Å². The average Bonchev–Trinajstić information content (AvgIpc) is 2.59. The van der Waals surface area contributed by atoms with Crippen molar-refractivity contribution in [1.29, 1.82) is 0 Å². The first-order valence-corrected chi connectivity index (χ1v) is 10.7. The Morgan fingerprint density at radius 3 is 2.42 bits per heavy atom. The van der Waals surface area contributed by atoms with Crippen molar-refractivity contribution in [2.75, 3.05) is 0 Å². The van der Waals surface area contributed by atoms with Crippen LogP contribution in [0.15, 0.2) is 23.4 Å². The number of rotatable bonds is 3. The summed E-state index contributed by atoms with van der Waals surface area (Å²) in [5.41, 5.74) is 4.04. The monoisotopic (exact) mass is 280 g/mol. The number of esters is 1. The third-order valence-corrected chi connectivity index (χ3v) is 4.34. The van der Waals surface area contributed by atoms with E-state index in [4.69, 9.17) is 4.74 Å². The van der Waals surface area contributed by atoms with E-state index >= 15 is 0 Å². The van der Waals surface area contributed by atoms with E-state index in [1.54, 1.807) is 0 Å². The van der Waals surface area contributed by atoms with Crippen LogP contribution in [0.5, 0.6) is 0 Å². The Morgan fingerprint density at radius 1 is 1.37 bits per heavy atom. The maximum atomic E-state index is 12.1. The molecule has 0 bridgehead atoms. The number of ether oxygens (including phenoxy) is 1. The topological polar surface area (TPSA) is 26.3 Å². The van der Waals surface area contributed by atoms with Gasteiger partial charge in [0.1, 0.15) is 5.60 Å². The summed E-state index contributed by atoms with van der Waals surface area (Å²) < 4.78 is 5.44. The molecule has 1 rings (SSSR count). The second-order valence-electron chi connectivity index (χ2n) is 7.56. The summed E-state index contributed by atoms with van der Waals surface area (Å²) >= 11 is 0. The first kappa shape index (κ1) is 16.2. The molecule has 1 fully saturated rings. The second kappa shape index (κ2) is 5.66. The molecular formula is C16H28O2Si. The van der Waals surface area contributed by atoms with Crippen molar-refractivity contribution in [2.24, 2.45) is 5.92 Å². The number of hydrogen-bond donors (Lipinski definition) is 0. The van der Waals surface area contributed by atoms with Crippen LogP contribution in [-0.2, 0) is 9.53 Å². The van der Waals surface area contributed by atoms with E-state index in [2.05, 4.69) is 31.9 Å². The van der Waals surface area contributed by atoms with Crippen LogP contribution in [-0.4, -0.2) is 19.6 Å². The van der Waals surface area contributed by atoms with Crippen molar-refractivity contribution in [3.8, 4) is 0 Å². The van der Waals surface area contributed by atoms with Gasteiger partial charge in [0, 0.05) is 11.5 Å². The molecule has 0 radical (unpaired) electrons. The minimum atomic E-state index is -1.25. The molecule has 0 heterocycles. The summed E-state index contributed by atoms with van der Waals surface area (Å²) in [6, 6.07) is 0. The molecule has 0 amide bonds. The van der Waals surface area contributed by atoms with Gasteiger partial charge in [-0.2, -0.15) is 0 Å². The molecule has 1 aliphatic rings. The van der Waals surface area contributed by atoms with Gasteiger partial charge in [0.25, 0.3) is 0 Å². The maximum Gasteiger partial charge on any atom is 0.334 e. The van der Waals surface area contributed by atoms with Crippen molar-refractivity contribution < 1.29 is 9.53 Å². The SMILES string of the molecule is C=C(C(=O)OC(C)(C)C)C1CCC/C1=C\[Si](C)(C)C. The molecule has 0 aliphatic heterocycles. The maximum absolute atomic E-state index is 12.1. The molecular weight excluding hydrogens is 252 g/mol. The summed E-state index contributed by atoms with van der Waals surface area (Å²) in [6.07, 6.45) is 3.30. The number of hydrogen-bond acceptors (Lipinski definition) is 2. The highest BCUT2D eigenvalue weighted by atomic mass is 28.3. The van der Waals surface area contributed by atoms with Gasteiger partial charge < -0.3 is 4.74 Å². The zero-order chi connectivity index (χ0) is 14.8. The highest BCUT2D eigenvalue weighted by Gasteiger charge is 2.30. The fourth-order valence-electron chi connectivity index (χ4n) is 2.48. The van der Waals surface area contributed by atoms with Crippen molar-refractivity contribution in [1.82, 2.24) is 0 Å². The minimum absolute atomic E-state index is 0.210. The predicted molar refractivity (Wildman–Crippen MR) is 83.8 cm³/mol. The van der Waals surface area contributed by atoms with Gasteiger partial charge in [-0.3, -0.25) is 0 Å². The molecule has 1 saturated carbocycles. The van der Waals surface area contributed by atoms with Crippen molar-refractivity contribution in [3.05, 3.63) is 23.4 Å². The molecule has 19 heavy (non-hydrogen) atoms. The van der Waals surface area contributed by atoms with E-state index in [-0.39, 0.29) is 11.9 Å². The molecule has 108 valence electrons. The van der Waals surface area contributed by atoms with E-state index < -0.39 is 13.7 Å². The molecule has 0 aromatic carbocycles. The quantitative estimate of drug-likeness (QED) is 0.432. The van der Waals surface area contributed by atoms with Crippen LogP contribution >= 0.6 is 0 Å². The van der Waals surface area contributed by atoms with Crippen LogP contribution in [0.3, 0.4) is 0 Å². The first-order chi connectivity index (χ1) is 8.49. The lowest BCUT2D eigenvalue weighted by Crippen LogP contribution is -2.27. The Balaban J connectivity index is 2.82. The number of allylic oxidation sites excluding steroid dienone is 1. The Kier molecular flexibility index (Phi) is 4.83. The highest BCUT2D eigenvalue weighted by Crippen LogP contribution is 2.37. The molecule has 0 saturated heterocycles. The molecule has 2 nitrogen and oxygen atoms in total. The standard InChI is InChI=1S/C16H28O2Si/c1-12(15(17)18-16(2,3)4)14-10-8-9-13(14)11-19(5,6)7/h11,14H,1,8-10H2,2-7H3/b13-11+. The third kappa shape index (κ3) is 5.35. The number of carbonyl (C=O) groups is 1. The Morgan fingerprint density at radius 2 is 1.95 bits per heavy atom. The van der Waals surface area contributed by atoms with Gasteiger partial charge >= 0.3 is 5.97 Å². The van der Waals surface area contributed by atoms with Crippen molar-refractivity contribution in [3.63, 3.8) is 0 Å². The molecule has 3 heteroatoms. The molecule has 1 unspecified atom stereocenters. The van der Waals surface area contributed by atoms with E-state index in [9.17, 15) is 4.79 Å². The Labute approximate surface area is 118 Å². The zero-order valence-electron chi connectivity index (χ0n) is 13.3. The van der Waals surface area contributed by atoms with E-state index in [0.717, 1.165) is 19.3 Å². The van der Waals surface area contributed by atoms with Crippen LogP contribution in [0.4, 0.5) is 0 Å². The highest BCUT2D eigenvalue weighted by molar-refractivity contribution is 6.81. The predicted octanol–water partition coefficient (Wildman–Crippen LogP) is 4.49. The normalized spacial score (nSPS) is 22.6. The first-order valence-electron chi connectivity index (χ1n) is 7.13. The van der Waals surface area contributed by atoms with Gasteiger partial charge in [0.15, 0.2) is 0 Å². The van der Waals surface area contributed by atoms with Gasteiger partial charge in [-0.1, -0.05) is 37.5 Å². The summed E-state index contributed by atoms with van der Waals surface area (Å²) in [7, 11) is -1.25. The second-order valence-corrected chi connectivity index (χ2v) is 12.6. The van der Waals surface area contributed by atoms with Crippen LogP contribution in [0.25, 0.3) is 0 Å². The fraction of sp³-hybridized carbons (Fsp3) is 0.688. The summed E-state index contributed by atoms with van der Waals surface area (Å²) in [5.74, 6) is -0.0255. The third-order valence-electron chi connectivity index (χ3n) is 3.11. The molecule has 0 spiro atoms. The van der Waals surface area contributed by atoms with Gasteiger partial charge in [0.05, 0.1) is 8.07 Å². The van der Waals surface area contributed by atoms with Crippen LogP contribution in [0.2, 0.25) is 19.6 Å². The average molecular weight is 280 g/mol. The van der Waals surface area contributed by atoms with Crippen LogP contribution < -0.4 is 0 Å². The largest absolute Gasteiger partial charge is 0.457 e. The van der Waals surface area contributed by atoms with Crippen LogP contribution in [0, 0.1) is 5.92 Å². The lowest BCUT2D eigenvalue weighted by molar-refractivity contribution is -0.150. The van der Waals surface area contributed by atoms with Gasteiger partial charge in [0.2, 0.25) is 0 Å². The molecule has 0 aromatic rings. The molecule has 1 atom stereocenters. The molecule has 1 aliphatic carbocycles. The Bertz CT molecular complexity index is 394. The lowest BCUT2D eigenvalue weighted by Gasteiger charge is -2.23. The molecule has 0 N–H and O–H groups in total. The van der Waals surface area contributed by atoms with Crippen LogP contribution in [0.1, 0.15) is 40.0 Å². The van der Waals surface area contributed by atoms with Gasteiger partial charge in [-0.15, -0.1) is 0 Å². The van der Waals surface area contributed by atoms with E-state index in [1.807, 2.05) is 20.8 Å². The van der Waals surface area contributed by atoms with Gasteiger partial charge in [-0.25, -0.2) is 4.79 Å². The summed E-state index contributed by atoms with van der Waals surface area (Å²) in [6.45, 7) is 16.7. The minimum Gasteiger partial charge on any atom is -0.457 e. The number of carbonyl (C=O) groups excluding carboxylic acids is 1. The van der Waals surface area contributed by atoms with Crippen molar-refractivity contribution >= 4 is 14.0 Å².